The van der Waals surface area contributed by atoms with Crippen molar-refractivity contribution in [2.24, 2.45) is 0 Å². The van der Waals surface area contributed by atoms with E-state index in [9.17, 15) is 38.9 Å². The van der Waals surface area contributed by atoms with E-state index in [-0.39, 0.29) is 80.0 Å². The summed E-state index contributed by atoms with van der Waals surface area (Å²) >= 11 is 12.7. The summed E-state index contributed by atoms with van der Waals surface area (Å²) in [5.74, 6) is -3.09. The van der Waals surface area contributed by atoms with E-state index in [4.69, 9.17) is 48.6 Å². The number of nitro benzene ring substituents is 1. The largest absolute Gasteiger partial charge is 0.494 e. The molecule has 2 fully saturated rings. The van der Waals surface area contributed by atoms with E-state index in [1.54, 1.807) is 13.2 Å². The second kappa shape index (κ2) is 17.8. The quantitative estimate of drug-likeness (QED) is 0.108. The fourth-order valence-electron chi connectivity index (χ4n) is 8.05. The van der Waals surface area contributed by atoms with Crippen molar-refractivity contribution in [3.63, 3.8) is 0 Å². The van der Waals surface area contributed by atoms with Gasteiger partial charge < -0.3 is 25.4 Å². The predicted octanol–water partition coefficient (Wildman–Crippen LogP) is 2.19. The molecule has 4 N–H and O–H groups in total. The molecule has 4 aliphatic rings. The summed E-state index contributed by atoms with van der Waals surface area (Å²) in [5, 5.41) is 29.8. The Kier molecular flexibility index (Phi) is 13.4. The number of carbonyl (C=O) groups excluding carboxylic acids is 4. The van der Waals surface area contributed by atoms with Crippen molar-refractivity contribution < 1.29 is 53.4 Å². The standard InChI is InChI=1S/C18H20ClN3O7.C18H22ClN3O5/c1-29-18-11-4-2-3-10(5-12(11)13(19)6-14(18)22(27)28)21-15(23)7-20(8-16(21)24)9-17(25)26;1-27-18-11-4-2-3-10(5-12(11)13(19)6-14(18)20)22-15(23)7-21(8-16(22)24)9-17(25)26/h6,10H,2-5,7-9H2,1H3,(H,25,26);6,10H,2-5,7-9,20H2,1H3,(H,25,26)/t2*10-/m00/s1. The van der Waals surface area contributed by atoms with Gasteiger partial charge in [0.15, 0.2) is 5.75 Å². The van der Waals surface area contributed by atoms with E-state index in [1.807, 2.05) is 0 Å². The highest BCUT2D eigenvalue weighted by Gasteiger charge is 2.40. The molecule has 2 aliphatic heterocycles. The molecule has 2 saturated heterocycles. The fourth-order valence-corrected chi connectivity index (χ4v) is 8.66. The number of carboxylic acid groups (broad SMARTS) is 2. The molecule has 0 spiro atoms. The zero-order chi connectivity index (χ0) is 41.0. The van der Waals surface area contributed by atoms with Gasteiger partial charge in [-0.15, -0.1) is 0 Å². The Morgan fingerprint density at radius 3 is 1.52 bits per heavy atom. The summed E-state index contributed by atoms with van der Waals surface area (Å²) in [7, 11) is 2.91. The molecule has 20 heteroatoms. The number of amides is 4. The molecular weight excluding hydrogens is 779 g/mol. The lowest BCUT2D eigenvalue weighted by Gasteiger charge is -2.36. The second-order valence-corrected chi connectivity index (χ2v) is 14.8. The van der Waals surface area contributed by atoms with Crippen LogP contribution in [0, 0.1) is 10.1 Å². The number of nitro groups is 1. The van der Waals surface area contributed by atoms with Crippen LogP contribution in [0.5, 0.6) is 11.5 Å². The van der Waals surface area contributed by atoms with Crippen LogP contribution in [0.3, 0.4) is 0 Å². The first-order valence-electron chi connectivity index (χ1n) is 17.8. The van der Waals surface area contributed by atoms with Gasteiger partial charge in [0.2, 0.25) is 23.6 Å². The average Bonchev–Trinajstić information content (AvgIpc) is 3.45. The van der Waals surface area contributed by atoms with Crippen LogP contribution in [0.2, 0.25) is 10.0 Å². The van der Waals surface area contributed by atoms with E-state index >= 15 is 0 Å². The molecule has 2 aromatic carbocycles. The lowest BCUT2D eigenvalue weighted by atomic mass is 9.98. The van der Waals surface area contributed by atoms with Gasteiger partial charge in [0.25, 0.3) is 0 Å². The number of carboxylic acids is 2. The normalized spacial score (nSPS) is 20.6. The minimum atomic E-state index is -1.11. The van der Waals surface area contributed by atoms with Gasteiger partial charge in [-0.3, -0.25) is 58.5 Å². The summed E-state index contributed by atoms with van der Waals surface area (Å²) in [6.45, 7) is -1.19. The number of nitrogens with two attached hydrogens (primary N) is 1. The number of ether oxygens (including phenoxy) is 2. The van der Waals surface area contributed by atoms with Crippen molar-refractivity contribution in [3.8, 4) is 11.5 Å². The van der Waals surface area contributed by atoms with Crippen molar-refractivity contribution in [1.29, 1.82) is 0 Å². The first-order chi connectivity index (χ1) is 26.5. The van der Waals surface area contributed by atoms with Crippen LogP contribution in [-0.2, 0) is 54.5 Å². The smallest absolute Gasteiger partial charge is 0.317 e. The van der Waals surface area contributed by atoms with E-state index in [2.05, 4.69) is 0 Å². The lowest BCUT2D eigenvalue weighted by molar-refractivity contribution is -0.385. The monoisotopic (exact) mass is 820 g/mol. The molecule has 0 radical (unpaired) electrons. The minimum absolute atomic E-state index is 0.0831. The molecule has 2 atom stereocenters. The van der Waals surface area contributed by atoms with Gasteiger partial charge in [0, 0.05) is 34.3 Å². The first-order valence-corrected chi connectivity index (χ1v) is 18.5. The number of carbonyl (C=O) groups is 6. The van der Waals surface area contributed by atoms with Gasteiger partial charge in [-0.2, -0.15) is 0 Å². The van der Waals surface area contributed by atoms with Gasteiger partial charge >= 0.3 is 17.6 Å². The maximum absolute atomic E-state index is 12.6. The molecule has 302 valence electrons. The molecule has 0 unspecified atom stereocenters. The number of aliphatic carboxylic acids is 2. The molecule has 2 aliphatic carbocycles. The number of piperazine rings is 2. The number of methoxy groups -OCH3 is 2. The van der Waals surface area contributed by atoms with Gasteiger partial charge in [-0.25, -0.2) is 0 Å². The molecule has 4 amide bonds. The molecule has 6 rings (SSSR count). The molecule has 2 aromatic rings. The molecule has 56 heavy (non-hydrogen) atoms. The highest BCUT2D eigenvalue weighted by Crippen LogP contribution is 2.42. The molecular formula is C36H42Cl2N6O12. The van der Waals surface area contributed by atoms with E-state index in [0.717, 1.165) is 17.5 Å². The highest BCUT2D eigenvalue weighted by atomic mass is 35.5. The number of anilines is 1. The summed E-state index contributed by atoms with van der Waals surface area (Å²) in [6, 6.07) is 2.10. The lowest BCUT2D eigenvalue weighted by Crippen LogP contribution is -2.58. The van der Waals surface area contributed by atoms with E-state index in [0.29, 0.717) is 66.1 Å². The Morgan fingerprint density at radius 1 is 0.750 bits per heavy atom. The number of rotatable bonds is 9. The topological polar surface area (TPSA) is 243 Å². The first kappa shape index (κ1) is 42.1. The van der Waals surface area contributed by atoms with Gasteiger partial charge in [-0.05, 0) is 68.6 Å². The number of hydrogen-bond acceptors (Lipinski definition) is 13. The van der Waals surface area contributed by atoms with Crippen LogP contribution < -0.4 is 15.2 Å². The number of halogens is 2. The summed E-state index contributed by atoms with van der Waals surface area (Å²) in [5.41, 5.74) is 9.28. The Balaban J connectivity index is 0.000000215. The van der Waals surface area contributed by atoms with Crippen molar-refractivity contribution in [1.82, 2.24) is 19.6 Å². The van der Waals surface area contributed by atoms with Gasteiger partial charge in [0.1, 0.15) is 5.75 Å². The Bertz CT molecular complexity index is 1930. The van der Waals surface area contributed by atoms with Crippen molar-refractivity contribution in [2.45, 2.75) is 63.5 Å². The number of imide groups is 2. The number of nitrogen functional groups attached to an aromatic ring is 1. The maximum atomic E-state index is 12.6. The Hall–Kier alpha value is -5.04. The van der Waals surface area contributed by atoms with Crippen LogP contribution in [0.25, 0.3) is 0 Å². The molecule has 0 bridgehead atoms. The number of hydrogen-bond donors (Lipinski definition) is 3. The molecule has 2 heterocycles. The zero-order valence-corrected chi connectivity index (χ0v) is 32.3. The van der Waals surface area contributed by atoms with E-state index < -0.39 is 34.7 Å². The summed E-state index contributed by atoms with van der Waals surface area (Å²) in [4.78, 5) is 87.9. The van der Waals surface area contributed by atoms with Crippen molar-refractivity contribution in [3.05, 3.63) is 54.5 Å². The van der Waals surface area contributed by atoms with Crippen LogP contribution in [0.1, 0.15) is 47.9 Å². The molecule has 18 nitrogen and oxygen atoms in total. The van der Waals surface area contributed by atoms with Gasteiger partial charge in [0.05, 0.1) is 69.1 Å². The SMILES string of the molecule is COc1c(N)cc(Cl)c2c1CCC[C@H](N1C(=O)CN(CC(=O)O)CC1=O)C2.COc1c([N+](=O)[O-])cc(Cl)c2c1CCC[C@H](N1C(=O)CN(CC(=O)O)CC1=O)C2. The number of benzene rings is 2. The van der Waals surface area contributed by atoms with Crippen LogP contribution >= 0.6 is 23.2 Å². The summed E-state index contributed by atoms with van der Waals surface area (Å²) < 4.78 is 10.7. The Morgan fingerprint density at radius 2 is 1.14 bits per heavy atom. The average molecular weight is 822 g/mol. The molecule has 0 saturated carbocycles. The van der Waals surface area contributed by atoms with Crippen LogP contribution in [-0.4, -0.2) is 136 Å². The van der Waals surface area contributed by atoms with Crippen molar-refractivity contribution in [2.75, 3.05) is 59.2 Å². The molecule has 0 aromatic heterocycles. The minimum Gasteiger partial charge on any atom is -0.494 e. The third-order valence-corrected chi connectivity index (χ3v) is 10.9. The fraction of sp³-hybridized carbons (Fsp3) is 0.500. The number of nitrogens with zero attached hydrogens (tertiary/aromatic N) is 5. The van der Waals surface area contributed by atoms with Crippen LogP contribution in [0.15, 0.2) is 12.1 Å². The third-order valence-electron chi connectivity index (χ3n) is 10.3. The predicted molar refractivity (Wildman–Crippen MR) is 200 cm³/mol. The van der Waals surface area contributed by atoms with Crippen LogP contribution in [0.4, 0.5) is 11.4 Å². The Labute approximate surface area is 331 Å². The zero-order valence-electron chi connectivity index (χ0n) is 30.8. The second-order valence-electron chi connectivity index (χ2n) is 14.0. The van der Waals surface area contributed by atoms with Gasteiger partial charge in [-0.1, -0.05) is 23.2 Å². The van der Waals surface area contributed by atoms with Crippen molar-refractivity contribution >= 4 is 70.1 Å². The van der Waals surface area contributed by atoms with E-state index in [1.165, 1.54) is 32.8 Å². The third kappa shape index (κ3) is 9.15. The summed E-state index contributed by atoms with van der Waals surface area (Å²) in [6.07, 6.45) is 4.35. The maximum Gasteiger partial charge on any atom is 0.317 e. The number of fused-ring (bicyclic) bond motifs is 2. The highest BCUT2D eigenvalue weighted by molar-refractivity contribution is 6.32.